The average Bonchev–Trinajstić information content (AvgIpc) is 2.92. The van der Waals surface area contributed by atoms with Crippen LogP contribution >= 0.6 is 12.4 Å². The third-order valence-electron chi connectivity index (χ3n) is 4.08. The van der Waals surface area contributed by atoms with Crippen LogP contribution in [0.25, 0.3) is 21.9 Å². The summed E-state index contributed by atoms with van der Waals surface area (Å²) in [6, 6.07) is 8.05. The Morgan fingerprint density at radius 2 is 2.00 bits per heavy atom. The van der Waals surface area contributed by atoms with E-state index in [1.165, 1.54) is 0 Å². The van der Waals surface area contributed by atoms with Gasteiger partial charge in [-0.3, -0.25) is 0 Å². The monoisotopic (exact) mass is 349 g/mol. The van der Waals surface area contributed by atoms with Gasteiger partial charge in [-0.2, -0.15) is 0 Å². The number of hydroxylamine groups is 1. The van der Waals surface area contributed by atoms with E-state index in [9.17, 15) is 0 Å². The van der Waals surface area contributed by atoms with Crippen LogP contribution in [0.4, 0.5) is 5.82 Å². The number of pyridine rings is 1. The van der Waals surface area contributed by atoms with E-state index in [0.717, 1.165) is 60.0 Å². The van der Waals surface area contributed by atoms with Gasteiger partial charge < -0.3 is 15.5 Å². The highest BCUT2D eigenvalue weighted by Crippen LogP contribution is 2.29. The molecule has 0 saturated carbocycles. The van der Waals surface area contributed by atoms with Crippen LogP contribution in [0.3, 0.4) is 0 Å². The number of fused-ring (bicyclic) bond motifs is 3. The normalized spacial score (nSPS) is 11.1. The fourth-order valence-electron chi connectivity index (χ4n) is 3.03. The molecule has 7 heteroatoms. The van der Waals surface area contributed by atoms with Gasteiger partial charge in [-0.05, 0) is 25.3 Å². The van der Waals surface area contributed by atoms with Gasteiger partial charge in [0.25, 0.3) is 0 Å². The van der Waals surface area contributed by atoms with Gasteiger partial charge in [0.15, 0.2) is 5.82 Å². The molecule has 3 aromatic rings. The lowest BCUT2D eigenvalue weighted by Crippen LogP contribution is -2.11. The zero-order valence-electron chi connectivity index (χ0n) is 13.8. The number of anilines is 1. The number of hydrogen-bond donors (Lipinski definition) is 3. The van der Waals surface area contributed by atoms with Gasteiger partial charge in [-0.1, -0.05) is 25.1 Å². The smallest absolute Gasteiger partial charge is 0.152 e. The van der Waals surface area contributed by atoms with Crippen molar-refractivity contribution in [2.75, 3.05) is 12.3 Å². The zero-order valence-corrected chi connectivity index (χ0v) is 14.6. The number of nitrogen functional groups attached to an aromatic ring is 1. The molecular weight excluding hydrogens is 326 g/mol. The first-order valence-corrected chi connectivity index (χ1v) is 8.16. The van der Waals surface area contributed by atoms with Crippen LogP contribution in [-0.4, -0.2) is 26.3 Å². The fourth-order valence-corrected chi connectivity index (χ4v) is 3.03. The second-order valence-electron chi connectivity index (χ2n) is 5.76. The number of rotatable bonds is 7. The molecule has 3 rings (SSSR count). The molecule has 2 aromatic heterocycles. The van der Waals surface area contributed by atoms with Crippen LogP contribution in [0.1, 0.15) is 32.0 Å². The molecule has 0 saturated heterocycles. The molecule has 24 heavy (non-hydrogen) atoms. The van der Waals surface area contributed by atoms with Crippen molar-refractivity contribution < 1.29 is 5.21 Å². The summed E-state index contributed by atoms with van der Waals surface area (Å²) in [4.78, 5) is 9.25. The van der Waals surface area contributed by atoms with Gasteiger partial charge in [0, 0.05) is 24.9 Å². The van der Waals surface area contributed by atoms with E-state index >= 15 is 0 Å². The Morgan fingerprint density at radius 3 is 2.75 bits per heavy atom. The molecule has 0 radical (unpaired) electrons. The van der Waals surface area contributed by atoms with E-state index in [4.69, 9.17) is 15.9 Å². The van der Waals surface area contributed by atoms with Gasteiger partial charge in [0.2, 0.25) is 0 Å². The molecule has 0 aliphatic heterocycles. The molecule has 2 heterocycles. The Balaban J connectivity index is 0.00000208. The van der Waals surface area contributed by atoms with E-state index in [1.807, 2.05) is 18.2 Å². The van der Waals surface area contributed by atoms with Crippen LogP contribution in [0.2, 0.25) is 0 Å². The van der Waals surface area contributed by atoms with Crippen molar-refractivity contribution in [2.24, 2.45) is 0 Å². The highest BCUT2D eigenvalue weighted by molar-refractivity contribution is 6.06. The maximum absolute atomic E-state index is 8.72. The Kier molecular flexibility index (Phi) is 6.36. The van der Waals surface area contributed by atoms with Crippen LogP contribution in [0, 0.1) is 0 Å². The standard InChI is InChI=1S/C17H23N5O.ClH/c1-2-7-14-21-15-16(22(14)11-6-5-10-19-23)12-8-3-4-9-13(12)20-17(15)18;/h3-4,8-9,19,23H,2,5-7,10-11H2,1H3,(H2,18,20);1H. The van der Waals surface area contributed by atoms with Crippen molar-refractivity contribution in [3.63, 3.8) is 0 Å². The van der Waals surface area contributed by atoms with E-state index in [1.54, 1.807) is 0 Å². The van der Waals surface area contributed by atoms with Crippen molar-refractivity contribution >= 4 is 40.2 Å². The van der Waals surface area contributed by atoms with Crippen LogP contribution < -0.4 is 11.2 Å². The summed E-state index contributed by atoms with van der Waals surface area (Å²) in [6.07, 6.45) is 3.82. The lowest BCUT2D eigenvalue weighted by Gasteiger charge is -2.10. The predicted octanol–water partition coefficient (Wildman–Crippen LogP) is 3.30. The molecular formula is C17H24ClN5O. The summed E-state index contributed by atoms with van der Waals surface area (Å²) in [6.45, 7) is 3.61. The van der Waals surface area contributed by atoms with E-state index in [-0.39, 0.29) is 12.4 Å². The first-order chi connectivity index (χ1) is 11.3. The van der Waals surface area contributed by atoms with E-state index in [0.29, 0.717) is 12.4 Å². The van der Waals surface area contributed by atoms with Crippen molar-refractivity contribution in [3.05, 3.63) is 30.1 Å². The Bertz CT molecular complexity index is 817. The van der Waals surface area contributed by atoms with Gasteiger partial charge in [0.05, 0.1) is 11.0 Å². The minimum atomic E-state index is 0. The van der Waals surface area contributed by atoms with Gasteiger partial charge in [-0.15, -0.1) is 12.4 Å². The zero-order chi connectivity index (χ0) is 16.2. The van der Waals surface area contributed by atoms with Gasteiger partial charge in [-0.25, -0.2) is 15.4 Å². The summed E-state index contributed by atoms with van der Waals surface area (Å²) < 4.78 is 2.27. The number of hydrogen-bond acceptors (Lipinski definition) is 5. The highest BCUT2D eigenvalue weighted by Gasteiger charge is 2.16. The molecule has 0 fully saturated rings. The molecule has 0 atom stereocenters. The Morgan fingerprint density at radius 1 is 1.21 bits per heavy atom. The first kappa shape index (κ1) is 18.4. The summed E-state index contributed by atoms with van der Waals surface area (Å²) in [5.41, 5.74) is 11.1. The fraction of sp³-hybridized carbons (Fsp3) is 0.412. The average molecular weight is 350 g/mol. The number of imidazole rings is 1. The number of unbranched alkanes of at least 4 members (excludes halogenated alkanes) is 1. The summed E-state index contributed by atoms with van der Waals surface area (Å²) in [5, 5.41) is 9.81. The minimum absolute atomic E-state index is 0. The largest absolute Gasteiger partial charge is 0.382 e. The number of nitrogens with zero attached hydrogens (tertiary/aromatic N) is 3. The molecule has 130 valence electrons. The third kappa shape index (κ3) is 3.45. The first-order valence-electron chi connectivity index (χ1n) is 8.16. The third-order valence-corrected chi connectivity index (χ3v) is 4.08. The SMILES string of the molecule is CCCc1nc2c(N)nc3ccccc3c2n1CCCCNO.Cl. The second-order valence-corrected chi connectivity index (χ2v) is 5.76. The molecule has 1 aromatic carbocycles. The highest BCUT2D eigenvalue weighted by atomic mass is 35.5. The lowest BCUT2D eigenvalue weighted by atomic mass is 10.2. The molecule has 0 unspecified atom stereocenters. The number of benzene rings is 1. The summed E-state index contributed by atoms with van der Waals surface area (Å²) in [7, 11) is 0. The molecule has 6 nitrogen and oxygen atoms in total. The Hall–Kier alpha value is -1.89. The number of aryl methyl sites for hydroxylation is 2. The van der Waals surface area contributed by atoms with E-state index < -0.39 is 0 Å². The number of nitrogens with two attached hydrogens (primary N) is 1. The van der Waals surface area contributed by atoms with Gasteiger partial charge >= 0.3 is 0 Å². The number of halogens is 1. The molecule has 0 amide bonds. The van der Waals surface area contributed by atoms with Gasteiger partial charge in [0.1, 0.15) is 11.3 Å². The second kappa shape index (κ2) is 8.28. The van der Waals surface area contributed by atoms with Crippen molar-refractivity contribution in [1.29, 1.82) is 0 Å². The number of aromatic nitrogens is 3. The molecule has 0 spiro atoms. The maximum atomic E-state index is 8.72. The van der Waals surface area contributed by atoms with Crippen molar-refractivity contribution in [3.8, 4) is 0 Å². The van der Waals surface area contributed by atoms with Crippen molar-refractivity contribution in [2.45, 2.75) is 39.2 Å². The molecule has 0 bridgehead atoms. The molecule has 4 N–H and O–H groups in total. The minimum Gasteiger partial charge on any atom is -0.382 e. The lowest BCUT2D eigenvalue weighted by molar-refractivity contribution is 0.164. The van der Waals surface area contributed by atoms with Crippen LogP contribution in [0.5, 0.6) is 0 Å². The predicted molar refractivity (Wildman–Crippen MR) is 99.7 cm³/mol. The molecule has 0 aliphatic rings. The summed E-state index contributed by atoms with van der Waals surface area (Å²) in [5.74, 6) is 1.55. The van der Waals surface area contributed by atoms with Crippen LogP contribution in [-0.2, 0) is 13.0 Å². The molecule has 0 aliphatic carbocycles. The van der Waals surface area contributed by atoms with Crippen LogP contribution in [0.15, 0.2) is 24.3 Å². The topological polar surface area (TPSA) is 89.0 Å². The summed E-state index contributed by atoms with van der Waals surface area (Å²) >= 11 is 0. The number of para-hydroxylation sites is 1. The maximum Gasteiger partial charge on any atom is 0.152 e. The van der Waals surface area contributed by atoms with E-state index in [2.05, 4.69) is 28.0 Å². The Labute approximate surface area is 147 Å². The number of nitrogens with one attached hydrogen (secondary N) is 1. The van der Waals surface area contributed by atoms with Crippen molar-refractivity contribution in [1.82, 2.24) is 20.0 Å². The quantitative estimate of drug-likeness (QED) is 0.450.